The Bertz CT molecular complexity index is 2270. The van der Waals surface area contributed by atoms with E-state index in [2.05, 4.69) is 72.1 Å². The number of rotatable bonds is 7. The molecule has 9 rings (SSSR count). The van der Waals surface area contributed by atoms with Crippen molar-refractivity contribution in [3.05, 3.63) is 119 Å². The van der Waals surface area contributed by atoms with E-state index in [9.17, 15) is 4.39 Å². The fourth-order valence-electron chi connectivity index (χ4n) is 9.84. The van der Waals surface area contributed by atoms with Crippen LogP contribution < -0.4 is 4.74 Å². The second kappa shape index (κ2) is 14.0. The molecule has 0 bridgehead atoms. The average Bonchev–Trinajstić information content (AvgIpc) is 3.72. The molecule has 0 saturated heterocycles. The fourth-order valence-corrected chi connectivity index (χ4v) is 9.84. The molecule has 0 amide bonds. The molecule has 266 valence electrons. The van der Waals surface area contributed by atoms with Crippen LogP contribution in [0, 0.1) is 11.7 Å². The Morgan fingerprint density at radius 3 is 2.27 bits per heavy atom. The summed E-state index contributed by atoms with van der Waals surface area (Å²) in [6.07, 6.45) is 19.2. The average molecular weight is 693 g/mol. The van der Waals surface area contributed by atoms with Crippen LogP contribution in [-0.4, -0.2) is 19.3 Å². The lowest BCUT2D eigenvalue weighted by Crippen LogP contribution is -2.21. The quantitative estimate of drug-likeness (QED) is 0.156. The van der Waals surface area contributed by atoms with Crippen LogP contribution in [0.5, 0.6) is 11.5 Å². The lowest BCUT2D eigenvalue weighted by molar-refractivity contribution is 0.406. The van der Waals surface area contributed by atoms with Gasteiger partial charge in [-0.3, -0.25) is 4.57 Å². The highest BCUT2D eigenvalue weighted by molar-refractivity contribution is 6.09. The largest absolute Gasteiger partial charge is 0.457 e. The first-order chi connectivity index (χ1) is 25.5. The minimum Gasteiger partial charge on any atom is -0.457 e. The highest BCUT2D eigenvalue weighted by Crippen LogP contribution is 2.49. The molecule has 52 heavy (non-hydrogen) atoms. The first-order valence-corrected chi connectivity index (χ1v) is 19.8. The molecule has 0 spiro atoms. The molecule has 6 aromatic rings. The number of hydrogen-bond acceptors (Lipinski definition) is 3. The molecule has 3 aliphatic carbocycles. The summed E-state index contributed by atoms with van der Waals surface area (Å²) >= 11 is 0. The van der Waals surface area contributed by atoms with E-state index in [1.807, 2.05) is 28.8 Å². The third kappa shape index (κ3) is 6.04. The van der Waals surface area contributed by atoms with Crippen molar-refractivity contribution < 1.29 is 9.13 Å². The van der Waals surface area contributed by atoms with Crippen LogP contribution in [0.15, 0.2) is 96.7 Å². The summed E-state index contributed by atoms with van der Waals surface area (Å²) < 4.78 is 25.5. The third-order valence-corrected chi connectivity index (χ3v) is 12.3. The van der Waals surface area contributed by atoms with E-state index >= 15 is 0 Å². The van der Waals surface area contributed by atoms with Crippen LogP contribution in [-0.2, 0) is 0 Å². The number of ether oxygens (including phenoxy) is 1. The van der Waals surface area contributed by atoms with Crippen molar-refractivity contribution >= 4 is 21.8 Å². The SMILES string of the molecule is CC1=CCC[C@H](C)[C@@H]1c1c(C2CCCCC2)nn(-c2cccc(Oc3ccc4c5ccccc5n(-c5cc(F)ccn5)c4c3)c2)c1C1CCCCC1. The molecule has 3 heterocycles. The van der Waals surface area contributed by atoms with Crippen LogP contribution in [0.4, 0.5) is 4.39 Å². The fraction of sp³-hybridized carbons (Fsp3) is 0.391. The van der Waals surface area contributed by atoms with Gasteiger partial charge in [-0.05, 0) is 87.8 Å². The normalized spacial score (nSPS) is 20.4. The Morgan fingerprint density at radius 2 is 1.48 bits per heavy atom. The van der Waals surface area contributed by atoms with Crippen molar-refractivity contribution in [2.24, 2.45) is 5.92 Å². The summed E-state index contributed by atoms with van der Waals surface area (Å²) in [5, 5.41) is 7.84. The number of fused-ring (bicyclic) bond motifs is 3. The Kier molecular flexibility index (Phi) is 8.94. The van der Waals surface area contributed by atoms with Gasteiger partial charge >= 0.3 is 0 Å². The van der Waals surface area contributed by atoms with Gasteiger partial charge in [-0.1, -0.05) is 81.4 Å². The Balaban J connectivity index is 1.15. The Morgan fingerprint density at radius 1 is 0.731 bits per heavy atom. The number of halogens is 1. The van der Waals surface area contributed by atoms with Crippen LogP contribution >= 0.6 is 0 Å². The summed E-state index contributed by atoms with van der Waals surface area (Å²) in [6, 6.07) is 25.8. The molecule has 0 aliphatic heterocycles. The minimum absolute atomic E-state index is 0.315. The predicted octanol–water partition coefficient (Wildman–Crippen LogP) is 12.9. The lowest BCUT2D eigenvalue weighted by Gasteiger charge is -2.33. The Labute approximate surface area is 306 Å². The number of allylic oxidation sites excluding steroid dienone is 2. The van der Waals surface area contributed by atoms with Crippen molar-refractivity contribution in [2.45, 2.75) is 109 Å². The molecule has 3 aromatic heterocycles. The first-order valence-electron chi connectivity index (χ1n) is 19.8. The maximum atomic E-state index is 14.4. The van der Waals surface area contributed by atoms with Crippen molar-refractivity contribution in [2.75, 3.05) is 0 Å². The highest BCUT2D eigenvalue weighted by Gasteiger charge is 2.37. The topological polar surface area (TPSA) is 44.9 Å². The van der Waals surface area contributed by atoms with E-state index in [-0.39, 0.29) is 5.82 Å². The number of nitrogens with zero attached hydrogens (tertiary/aromatic N) is 4. The molecular formula is C46H49FN4O. The van der Waals surface area contributed by atoms with Crippen molar-refractivity contribution in [3.8, 4) is 23.0 Å². The Hall–Kier alpha value is -4.71. The van der Waals surface area contributed by atoms with Gasteiger partial charge in [0.05, 0.1) is 28.1 Å². The van der Waals surface area contributed by atoms with Crippen molar-refractivity contribution in [3.63, 3.8) is 0 Å². The van der Waals surface area contributed by atoms with Crippen LogP contribution in [0.25, 0.3) is 33.3 Å². The van der Waals surface area contributed by atoms with Crippen LogP contribution in [0.3, 0.4) is 0 Å². The van der Waals surface area contributed by atoms with Crippen molar-refractivity contribution in [1.29, 1.82) is 0 Å². The second-order valence-corrected chi connectivity index (χ2v) is 15.7. The predicted molar refractivity (Wildman–Crippen MR) is 209 cm³/mol. The second-order valence-electron chi connectivity index (χ2n) is 15.7. The zero-order valence-corrected chi connectivity index (χ0v) is 30.5. The first kappa shape index (κ1) is 33.1. The number of para-hydroxylation sites is 1. The maximum absolute atomic E-state index is 14.4. The molecule has 6 heteroatoms. The molecule has 3 aromatic carbocycles. The van der Waals surface area contributed by atoms with Gasteiger partial charge in [-0.2, -0.15) is 5.10 Å². The molecular weight excluding hydrogens is 644 g/mol. The van der Waals surface area contributed by atoms with E-state index in [1.54, 1.807) is 5.56 Å². The van der Waals surface area contributed by atoms with Gasteiger partial charge in [0.2, 0.25) is 0 Å². The van der Waals surface area contributed by atoms with Gasteiger partial charge < -0.3 is 4.74 Å². The van der Waals surface area contributed by atoms with E-state index in [1.165, 1.54) is 112 Å². The summed E-state index contributed by atoms with van der Waals surface area (Å²) in [5.74, 6) is 3.80. The van der Waals surface area contributed by atoms with Gasteiger partial charge in [0, 0.05) is 58.5 Å². The van der Waals surface area contributed by atoms with E-state index in [0.29, 0.717) is 29.5 Å². The van der Waals surface area contributed by atoms with E-state index < -0.39 is 0 Å². The molecule has 2 fully saturated rings. The number of hydrogen-bond donors (Lipinski definition) is 0. The van der Waals surface area contributed by atoms with E-state index in [0.717, 1.165) is 39.0 Å². The van der Waals surface area contributed by atoms with Crippen LogP contribution in [0.1, 0.15) is 126 Å². The van der Waals surface area contributed by atoms with Gasteiger partial charge in [0.15, 0.2) is 0 Å². The highest BCUT2D eigenvalue weighted by atomic mass is 19.1. The van der Waals surface area contributed by atoms with Gasteiger partial charge in [-0.15, -0.1) is 0 Å². The smallest absolute Gasteiger partial charge is 0.140 e. The van der Waals surface area contributed by atoms with Gasteiger partial charge in [0.25, 0.3) is 0 Å². The third-order valence-electron chi connectivity index (χ3n) is 12.3. The van der Waals surface area contributed by atoms with E-state index in [4.69, 9.17) is 9.84 Å². The summed E-state index contributed by atoms with van der Waals surface area (Å²) in [6.45, 7) is 4.85. The molecule has 0 radical (unpaired) electrons. The monoisotopic (exact) mass is 692 g/mol. The molecule has 0 N–H and O–H groups in total. The summed E-state index contributed by atoms with van der Waals surface area (Å²) in [4.78, 5) is 4.54. The minimum atomic E-state index is -0.315. The van der Waals surface area contributed by atoms with Gasteiger partial charge in [-0.25, -0.2) is 14.1 Å². The van der Waals surface area contributed by atoms with Gasteiger partial charge in [0.1, 0.15) is 23.1 Å². The van der Waals surface area contributed by atoms with Crippen molar-refractivity contribution in [1.82, 2.24) is 19.3 Å². The zero-order valence-electron chi connectivity index (χ0n) is 30.5. The maximum Gasteiger partial charge on any atom is 0.140 e. The molecule has 3 aliphatic rings. The lowest BCUT2D eigenvalue weighted by atomic mass is 9.71. The summed E-state index contributed by atoms with van der Waals surface area (Å²) in [7, 11) is 0. The number of pyridine rings is 1. The standard InChI is InChI=1S/C46H49FN4O/c1-30-13-11-14-31(2)43(30)44-45(32-15-5-3-6-16-32)49-51(46(44)33-17-7-4-8-18-33)35-19-12-20-36(28-35)52-37-23-24-39-38-21-9-10-22-40(38)50(41(39)29-37)42-27-34(47)25-26-48-42/h9-10,12-13,19-29,31-33,43H,3-8,11,14-18H2,1-2H3/t31-,43+/m0/s1. The molecule has 0 unspecified atom stereocenters. The zero-order chi connectivity index (χ0) is 35.2. The molecule has 5 nitrogen and oxygen atoms in total. The molecule has 2 saturated carbocycles. The number of benzene rings is 3. The number of aromatic nitrogens is 4. The summed E-state index contributed by atoms with van der Waals surface area (Å²) in [5.41, 5.74) is 8.92. The molecule has 2 atom stereocenters. The van der Waals surface area contributed by atoms with Crippen LogP contribution in [0.2, 0.25) is 0 Å².